The lowest BCUT2D eigenvalue weighted by atomic mass is 9.94. The summed E-state index contributed by atoms with van der Waals surface area (Å²) < 4.78 is 5.81. The zero-order valence-corrected chi connectivity index (χ0v) is 18.7. The maximum atomic E-state index is 12.6. The van der Waals surface area contributed by atoms with Crippen LogP contribution in [0.3, 0.4) is 0 Å². The second kappa shape index (κ2) is 8.84. The summed E-state index contributed by atoms with van der Waals surface area (Å²) >= 11 is 1.58. The number of hydrogen-bond donors (Lipinski definition) is 1. The Kier molecular flexibility index (Phi) is 6.64. The highest BCUT2D eigenvalue weighted by Gasteiger charge is 2.38. The Labute approximate surface area is 177 Å². The highest BCUT2D eigenvalue weighted by Crippen LogP contribution is 2.37. The number of ether oxygens (including phenoxy) is 1. The van der Waals surface area contributed by atoms with E-state index >= 15 is 0 Å². The fraction of sp³-hybridized carbons (Fsp3) is 0.565. The lowest BCUT2D eigenvalue weighted by molar-refractivity contribution is -0.139. The van der Waals surface area contributed by atoms with E-state index in [-0.39, 0.29) is 5.91 Å². The third-order valence-corrected chi connectivity index (χ3v) is 6.78. The van der Waals surface area contributed by atoms with Gasteiger partial charge in [-0.2, -0.15) is 0 Å². The number of thiazole rings is 1. The minimum absolute atomic E-state index is 0.149. The van der Waals surface area contributed by atoms with Crippen molar-refractivity contribution in [3.8, 4) is 5.75 Å². The van der Waals surface area contributed by atoms with Crippen molar-refractivity contribution in [3.63, 3.8) is 0 Å². The molecule has 6 heteroatoms. The first-order chi connectivity index (χ1) is 13.7. The standard InChI is InChI=1S/C23H32N2O3S/c1-17-19(11-16-28-18-9-6-5-7-10-18)29-20(24-17)23(27)12-8-14-25(15-13-23)21(26)22(2,3)4/h5-7,9-10,27H,8,11-16H2,1-4H3/t23-/m0/s1. The molecule has 1 aliphatic rings. The van der Waals surface area contributed by atoms with Crippen LogP contribution in [-0.4, -0.2) is 40.6 Å². The van der Waals surface area contributed by atoms with Crippen LogP contribution >= 0.6 is 11.3 Å². The molecule has 1 saturated heterocycles. The molecular weight excluding hydrogens is 384 g/mol. The normalized spacial score (nSPS) is 20.4. The molecule has 5 nitrogen and oxygen atoms in total. The average molecular weight is 417 g/mol. The van der Waals surface area contributed by atoms with Crippen LogP contribution in [0.4, 0.5) is 0 Å². The van der Waals surface area contributed by atoms with Gasteiger partial charge >= 0.3 is 0 Å². The summed E-state index contributed by atoms with van der Waals surface area (Å²) in [5, 5.41) is 12.1. The van der Waals surface area contributed by atoms with Crippen LogP contribution in [0.25, 0.3) is 0 Å². The van der Waals surface area contributed by atoms with Gasteiger partial charge in [0, 0.05) is 36.2 Å². The SMILES string of the molecule is Cc1nc([C@]2(O)CCCN(C(=O)C(C)(C)C)CC2)sc1CCOc1ccccc1. The van der Waals surface area contributed by atoms with E-state index in [1.807, 2.05) is 62.9 Å². The van der Waals surface area contributed by atoms with Crippen molar-refractivity contribution in [2.45, 2.75) is 59.0 Å². The summed E-state index contributed by atoms with van der Waals surface area (Å²) in [6, 6.07) is 9.78. The van der Waals surface area contributed by atoms with Crippen LogP contribution in [0.2, 0.25) is 0 Å². The molecule has 0 bridgehead atoms. The number of likely N-dealkylation sites (tertiary alicyclic amines) is 1. The van der Waals surface area contributed by atoms with Gasteiger partial charge in [-0.3, -0.25) is 4.79 Å². The summed E-state index contributed by atoms with van der Waals surface area (Å²) in [7, 11) is 0. The van der Waals surface area contributed by atoms with Crippen LogP contribution < -0.4 is 4.74 Å². The minimum atomic E-state index is -0.957. The van der Waals surface area contributed by atoms with E-state index in [0.717, 1.165) is 34.2 Å². The van der Waals surface area contributed by atoms with Crippen LogP contribution in [0.1, 0.15) is 55.6 Å². The van der Waals surface area contributed by atoms with Crippen LogP contribution in [-0.2, 0) is 16.8 Å². The van der Waals surface area contributed by atoms with Crippen LogP contribution in [0, 0.1) is 12.3 Å². The fourth-order valence-electron chi connectivity index (χ4n) is 3.65. The summed E-state index contributed by atoms with van der Waals surface area (Å²) in [5.74, 6) is 1.01. The molecule has 1 aromatic carbocycles. The van der Waals surface area contributed by atoms with Gasteiger partial charge in [0.25, 0.3) is 0 Å². The number of para-hydroxylation sites is 1. The molecule has 1 atom stereocenters. The van der Waals surface area contributed by atoms with Gasteiger partial charge in [-0.15, -0.1) is 11.3 Å². The predicted octanol–water partition coefficient (Wildman–Crippen LogP) is 4.32. The lowest BCUT2D eigenvalue weighted by Crippen LogP contribution is -2.40. The number of aromatic nitrogens is 1. The Hall–Kier alpha value is -1.92. The lowest BCUT2D eigenvalue weighted by Gasteiger charge is -2.29. The molecule has 29 heavy (non-hydrogen) atoms. The summed E-state index contributed by atoms with van der Waals surface area (Å²) in [4.78, 5) is 20.4. The molecule has 2 heterocycles. The summed E-state index contributed by atoms with van der Waals surface area (Å²) in [5.41, 5.74) is -0.394. The van der Waals surface area contributed by atoms with Crippen LogP contribution in [0.15, 0.2) is 30.3 Å². The molecule has 2 aromatic rings. The van der Waals surface area contributed by atoms with Crippen LogP contribution in [0.5, 0.6) is 5.75 Å². The fourth-order valence-corrected chi connectivity index (χ4v) is 4.84. The predicted molar refractivity (Wildman–Crippen MR) is 116 cm³/mol. The van der Waals surface area contributed by atoms with E-state index in [0.29, 0.717) is 32.5 Å². The number of amides is 1. The van der Waals surface area contributed by atoms with E-state index in [9.17, 15) is 9.90 Å². The zero-order chi connectivity index (χ0) is 21.1. The number of aryl methyl sites for hydroxylation is 1. The van der Waals surface area contributed by atoms with E-state index in [4.69, 9.17) is 9.72 Å². The van der Waals surface area contributed by atoms with Gasteiger partial charge in [0.2, 0.25) is 5.91 Å². The number of hydrogen-bond acceptors (Lipinski definition) is 5. The van der Waals surface area contributed by atoms with Gasteiger partial charge in [0.15, 0.2) is 0 Å². The molecule has 1 fully saturated rings. The topological polar surface area (TPSA) is 62.7 Å². The number of carbonyl (C=O) groups is 1. The quantitative estimate of drug-likeness (QED) is 0.788. The largest absolute Gasteiger partial charge is 0.493 e. The third kappa shape index (κ3) is 5.37. The van der Waals surface area contributed by atoms with Gasteiger partial charge in [-0.05, 0) is 31.9 Å². The molecule has 1 amide bonds. The maximum absolute atomic E-state index is 12.6. The molecule has 1 N–H and O–H groups in total. The number of aliphatic hydroxyl groups is 1. The molecule has 0 unspecified atom stereocenters. The van der Waals surface area contributed by atoms with Crippen molar-refractivity contribution in [2.24, 2.45) is 5.41 Å². The smallest absolute Gasteiger partial charge is 0.227 e. The molecule has 0 radical (unpaired) electrons. The van der Waals surface area contributed by atoms with Crippen molar-refractivity contribution >= 4 is 17.2 Å². The second-order valence-corrected chi connectivity index (χ2v) is 9.95. The van der Waals surface area contributed by atoms with Crippen molar-refractivity contribution in [2.75, 3.05) is 19.7 Å². The van der Waals surface area contributed by atoms with E-state index in [1.54, 1.807) is 11.3 Å². The Bertz CT molecular complexity index is 828. The molecule has 158 valence electrons. The first kappa shape index (κ1) is 21.8. The molecule has 3 rings (SSSR count). The zero-order valence-electron chi connectivity index (χ0n) is 17.9. The van der Waals surface area contributed by atoms with Crippen molar-refractivity contribution in [3.05, 3.63) is 45.9 Å². The second-order valence-electron chi connectivity index (χ2n) is 8.87. The molecule has 1 aliphatic heterocycles. The minimum Gasteiger partial charge on any atom is -0.493 e. The van der Waals surface area contributed by atoms with Gasteiger partial charge in [0.05, 0.1) is 12.3 Å². The number of benzene rings is 1. The van der Waals surface area contributed by atoms with Gasteiger partial charge in [-0.25, -0.2) is 4.98 Å². The van der Waals surface area contributed by atoms with E-state index in [1.165, 1.54) is 0 Å². The average Bonchev–Trinajstić information content (AvgIpc) is 2.93. The third-order valence-electron chi connectivity index (χ3n) is 5.37. The molecular formula is C23H32N2O3S. The first-order valence-electron chi connectivity index (χ1n) is 10.4. The monoisotopic (exact) mass is 416 g/mol. The Morgan fingerprint density at radius 3 is 2.66 bits per heavy atom. The van der Waals surface area contributed by atoms with Gasteiger partial charge < -0.3 is 14.7 Å². The number of rotatable bonds is 5. The van der Waals surface area contributed by atoms with E-state index < -0.39 is 11.0 Å². The summed E-state index contributed by atoms with van der Waals surface area (Å²) in [6.45, 7) is 9.67. The first-order valence-corrected chi connectivity index (χ1v) is 11.2. The van der Waals surface area contributed by atoms with E-state index in [2.05, 4.69) is 0 Å². The maximum Gasteiger partial charge on any atom is 0.227 e. The molecule has 0 saturated carbocycles. The van der Waals surface area contributed by atoms with Crippen molar-refractivity contribution in [1.82, 2.24) is 9.88 Å². The Balaban J connectivity index is 1.64. The number of carbonyl (C=O) groups excluding carboxylic acids is 1. The molecule has 1 aromatic heterocycles. The van der Waals surface area contributed by atoms with Crippen molar-refractivity contribution in [1.29, 1.82) is 0 Å². The Morgan fingerprint density at radius 1 is 1.24 bits per heavy atom. The number of nitrogens with zero attached hydrogens (tertiary/aromatic N) is 2. The summed E-state index contributed by atoms with van der Waals surface area (Å²) in [6.07, 6.45) is 2.71. The molecule has 0 aliphatic carbocycles. The highest BCUT2D eigenvalue weighted by molar-refractivity contribution is 7.11. The van der Waals surface area contributed by atoms with Crippen molar-refractivity contribution < 1.29 is 14.6 Å². The Morgan fingerprint density at radius 2 is 1.97 bits per heavy atom. The van der Waals surface area contributed by atoms with Gasteiger partial charge in [-0.1, -0.05) is 39.0 Å². The van der Waals surface area contributed by atoms with Gasteiger partial charge in [0.1, 0.15) is 16.4 Å². The molecule has 0 spiro atoms. The highest BCUT2D eigenvalue weighted by atomic mass is 32.1.